The Balaban J connectivity index is 3.39. The predicted octanol–water partition coefficient (Wildman–Crippen LogP) is 2.72. The molecule has 0 aromatic carbocycles. The van der Waals surface area contributed by atoms with Crippen LogP contribution < -0.4 is 27.0 Å². The molecule has 1 rings (SSSR count). The fourth-order valence-electron chi connectivity index (χ4n) is 7.13. The van der Waals surface area contributed by atoms with Gasteiger partial charge in [-0.1, -0.05) is 46.8 Å². The Hall–Kier alpha value is -5.66. The third-order valence-corrected chi connectivity index (χ3v) is 10.7. The molecule has 0 aromatic rings. The summed E-state index contributed by atoms with van der Waals surface area (Å²) in [6, 6.07) is -6.92. The number of rotatable bonds is 28. The summed E-state index contributed by atoms with van der Waals surface area (Å²) in [5.74, 6) is -7.56. The minimum atomic E-state index is -1.66. The van der Waals surface area contributed by atoms with Crippen LogP contribution in [0.1, 0.15) is 133 Å². The second-order valence-corrected chi connectivity index (χ2v) is 18.5. The van der Waals surface area contributed by atoms with Crippen LogP contribution in [-0.2, 0) is 52.6 Å². The molecule has 0 heterocycles. The Bertz CT molecular complexity index is 1820. The van der Waals surface area contributed by atoms with Gasteiger partial charge in [0.15, 0.2) is 5.78 Å². The number of carboxylic acid groups (broad SMARTS) is 1. The lowest BCUT2D eigenvalue weighted by atomic mass is 9.76. The molecule has 0 fully saturated rings. The van der Waals surface area contributed by atoms with Crippen molar-refractivity contribution in [2.24, 2.45) is 22.1 Å². The number of nitrogens with two attached hydrogens (primary N) is 1. The van der Waals surface area contributed by atoms with Gasteiger partial charge in [-0.3, -0.25) is 43.3 Å². The third-order valence-electron chi connectivity index (χ3n) is 10.7. The second kappa shape index (κ2) is 27.7. The number of unbranched alkanes of at least 4 members (excludes halogenated alkanes) is 1. The minimum Gasteiger partial charge on any atom is -0.511 e. The quantitative estimate of drug-likeness (QED) is 0.0257. The molecule has 6 atom stereocenters. The number of aliphatic carboxylic acids is 1. The maximum atomic E-state index is 14.0. The number of ketones is 1. The number of esters is 2. The molecule has 20 heteroatoms. The number of carboxylic acids is 1. The minimum absolute atomic E-state index is 0.0200. The number of allylic oxidation sites excluding steroid dienone is 2. The van der Waals surface area contributed by atoms with Crippen molar-refractivity contribution in [2.75, 3.05) is 26.7 Å². The van der Waals surface area contributed by atoms with E-state index in [1.807, 2.05) is 13.8 Å². The molecule has 66 heavy (non-hydrogen) atoms. The van der Waals surface area contributed by atoms with Crippen molar-refractivity contribution in [1.82, 2.24) is 26.2 Å². The van der Waals surface area contributed by atoms with Gasteiger partial charge in [-0.2, -0.15) is 0 Å². The van der Waals surface area contributed by atoms with Gasteiger partial charge in [0, 0.05) is 45.0 Å². The number of Topliss-reactive ketones (excluding diaryl/α,β-unsaturated/α-hetero) is 1. The Labute approximate surface area is 388 Å². The van der Waals surface area contributed by atoms with Crippen molar-refractivity contribution >= 4 is 58.9 Å². The Morgan fingerprint density at radius 1 is 0.894 bits per heavy atom. The number of carbonyl (C=O) groups excluding carboxylic acids is 8. The van der Waals surface area contributed by atoms with Crippen molar-refractivity contribution in [2.45, 2.75) is 169 Å². The maximum absolute atomic E-state index is 14.0. The van der Waals surface area contributed by atoms with Gasteiger partial charge in [0.1, 0.15) is 48.2 Å². The molecule has 5 amide bonds. The Morgan fingerprint density at radius 2 is 1.52 bits per heavy atom. The first-order chi connectivity index (χ1) is 30.7. The predicted molar refractivity (Wildman–Crippen MR) is 246 cm³/mol. The zero-order valence-corrected chi connectivity index (χ0v) is 40.5. The van der Waals surface area contributed by atoms with Gasteiger partial charge in [-0.05, 0) is 84.6 Å². The Kier molecular flexibility index (Phi) is 24.5. The lowest BCUT2D eigenvalue weighted by Crippen LogP contribution is -2.59. The number of aliphatic hydroxyl groups is 1. The van der Waals surface area contributed by atoms with Crippen LogP contribution in [0.4, 0.5) is 0 Å². The summed E-state index contributed by atoms with van der Waals surface area (Å²) in [6.45, 7) is 18.8. The monoisotopic (exact) mass is 934 g/mol. The normalized spacial score (nSPS) is 16.6. The van der Waals surface area contributed by atoms with E-state index < -0.39 is 95.6 Å². The summed E-state index contributed by atoms with van der Waals surface area (Å²) in [7, 11) is 1.33. The van der Waals surface area contributed by atoms with Crippen LogP contribution in [0.2, 0.25) is 0 Å². The highest BCUT2D eigenvalue weighted by molar-refractivity contribution is 6.22. The largest absolute Gasteiger partial charge is 0.511 e. The van der Waals surface area contributed by atoms with E-state index >= 15 is 0 Å². The van der Waals surface area contributed by atoms with Crippen LogP contribution >= 0.6 is 0 Å². The highest BCUT2D eigenvalue weighted by Gasteiger charge is 2.37. The summed E-state index contributed by atoms with van der Waals surface area (Å²) in [5, 5.41) is 30.7. The van der Waals surface area contributed by atoms with Crippen molar-refractivity contribution in [3.8, 4) is 0 Å². The number of nitrogens with zero attached hydrogens (tertiary/aromatic N) is 2. The topological polar surface area (TPSA) is 302 Å². The maximum Gasteiger partial charge on any atom is 0.326 e. The van der Waals surface area contributed by atoms with E-state index in [0.717, 1.165) is 4.90 Å². The van der Waals surface area contributed by atoms with Gasteiger partial charge >= 0.3 is 17.9 Å². The van der Waals surface area contributed by atoms with E-state index in [1.54, 1.807) is 41.5 Å². The lowest BCUT2D eigenvalue weighted by molar-refractivity contribution is -0.156. The molecule has 0 aromatic heterocycles. The molecule has 0 saturated heterocycles. The van der Waals surface area contributed by atoms with Gasteiger partial charge in [0.25, 0.3) is 0 Å². The van der Waals surface area contributed by atoms with E-state index in [0.29, 0.717) is 37.8 Å². The van der Waals surface area contributed by atoms with E-state index in [2.05, 4.69) is 32.8 Å². The van der Waals surface area contributed by atoms with Crippen LogP contribution in [0.3, 0.4) is 0 Å². The number of aliphatic hydroxyl groups excluding tert-OH is 1. The molecule has 1 aliphatic rings. The fourth-order valence-corrected chi connectivity index (χ4v) is 7.13. The van der Waals surface area contributed by atoms with E-state index in [-0.39, 0.29) is 74.3 Å². The number of amides is 5. The highest BCUT2D eigenvalue weighted by atomic mass is 16.6. The van der Waals surface area contributed by atoms with E-state index in [9.17, 15) is 53.4 Å². The van der Waals surface area contributed by atoms with Crippen molar-refractivity contribution in [3.05, 3.63) is 24.0 Å². The van der Waals surface area contributed by atoms with Crippen LogP contribution in [0.15, 0.2) is 29.0 Å². The zero-order valence-electron chi connectivity index (χ0n) is 40.5. The van der Waals surface area contributed by atoms with Gasteiger partial charge in [0.05, 0.1) is 12.0 Å². The van der Waals surface area contributed by atoms with Crippen LogP contribution in [-0.4, -0.2) is 137 Å². The molecule has 372 valence electrons. The molecule has 0 bridgehead atoms. The molecule has 20 nitrogen and oxygen atoms in total. The average Bonchev–Trinajstić information content (AvgIpc) is 3.20. The number of aliphatic imine (C=N–C) groups is 1. The van der Waals surface area contributed by atoms with Gasteiger partial charge < -0.3 is 51.6 Å². The summed E-state index contributed by atoms with van der Waals surface area (Å²) < 4.78 is 10.4. The number of nitrogens with one attached hydrogen (secondary N) is 4. The Morgan fingerprint density at radius 3 is 2.08 bits per heavy atom. The van der Waals surface area contributed by atoms with Crippen molar-refractivity contribution in [3.63, 3.8) is 0 Å². The SMILES string of the molecule is C=CCOC(=O)CC[C@H](NC(=O)CCCN)C(=O)N[C@@H](CC(=O)OC(C)(C)C)C(=O)N[C@@H](C)C(=O)N[C@@H](CCCCN=C(C)C1=C(O)CC(C)(C)CC1=O)C(=O)N(C)[C@H](C(=O)O)[C@@H](C)CC. The van der Waals surface area contributed by atoms with Crippen molar-refractivity contribution < 1.29 is 62.8 Å². The fraction of sp³-hybridized carbons (Fsp3) is 0.696. The first-order valence-electron chi connectivity index (χ1n) is 22.5. The van der Waals surface area contributed by atoms with Crippen LogP contribution in [0, 0.1) is 11.3 Å². The standard InChI is InChI=1S/C46H75N7O13/c1-12-23-65-36(57)20-19-30(50-35(56)18-16-21-47)41(60)52-32(24-37(58)66-45(6,7)8)42(61)49-29(5)40(59)51-31(43(62)53(11)39(44(63)64)27(3)13-2)17-14-15-22-48-28(4)38-33(54)25-46(9,10)26-34(38)55/h12,27,29-32,39,54H,1,13-26,47H2,2-11H3,(H,49,61)(H,50,56)(H,51,59)(H,52,60)(H,63,64)/t27-,29-,30-,31-,32-,39-/m0/s1. The number of carbonyl (C=O) groups is 9. The molecule has 0 radical (unpaired) electrons. The molecule has 0 spiro atoms. The molecule has 1 aliphatic carbocycles. The first kappa shape index (κ1) is 58.4. The highest BCUT2D eigenvalue weighted by Crippen LogP contribution is 2.36. The number of hydrogen-bond acceptors (Lipinski definition) is 14. The smallest absolute Gasteiger partial charge is 0.326 e. The molecule has 8 N–H and O–H groups in total. The summed E-state index contributed by atoms with van der Waals surface area (Å²) in [5.41, 5.74) is 4.73. The zero-order chi connectivity index (χ0) is 50.5. The van der Waals surface area contributed by atoms with Gasteiger partial charge in [-0.25, -0.2) is 4.79 Å². The van der Waals surface area contributed by atoms with Gasteiger partial charge in [0.2, 0.25) is 29.5 Å². The first-order valence-corrected chi connectivity index (χ1v) is 22.5. The molecular weight excluding hydrogens is 859 g/mol. The van der Waals surface area contributed by atoms with E-state index in [1.165, 1.54) is 20.0 Å². The third kappa shape index (κ3) is 20.7. The molecule has 0 saturated carbocycles. The summed E-state index contributed by atoms with van der Waals surface area (Å²) >= 11 is 0. The summed E-state index contributed by atoms with van der Waals surface area (Å²) in [6.07, 6.45) is 2.08. The lowest BCUT2D eigenvalue weighted by Gasteiger charge is -2.32. The second-order valence-electron chi connectivity index (χ2n) is 18.5. The van der Waals surface area contributed by atoms with E-state index in [4.69, 9.17) is 15.2 Å². The number of hydrogen-bond donors (Lipinski definition) is 7. The number of likely N-dealkylation sites (N-methyl/N-ethyl adjacent to an activating group) is 1. The molecular formula is C46H75N7O13. The average molecular weight is 934 g/mol. The molecule has 0 unspecified atom stereocenters. The number of ether oxygens (including phenoxy) is 2. The van der Waals surface area contributed by atoms with Crippen LogP contribution in [0.5, 0.6) is 0 Å². The molecule has 0 aliphatic heterocycles. The van der Waals surface area contributed by atoms with Crippen molar-refractivity contribution in [1.29, 1.82) is 0 Å². The van der Waals surface area contributed by atoms with Gasteiger partial charge in [-0.15, -0.1) is 0 Å². The van der Waals surface area contributed by atoms with Crippen LogP contribution in [0.25, 0.3) is 0 Å². The summed E-state index contributed by atoms with van der Waals surface area (Å²) in [4.78, 5) is 124.